The molecular weight excluding hydrogens is 286 g/mol. The summed E-state index contributed by atoms with van der Waals surface area (Å²) in [6.07, 6.45) is 7.35. The molecule has 2 saturated heterocycles. The maximum absolute atomic E-state index is 12.2. The molecule has 3 fully saturated rings. The number of carbonyl (C=O) groups excluding carboxylic acids is 1. The maximum Gasteiger partial charge on any atom is 0.291 e. The van der Waals surface area contributed by atoms with Crippen molar-refractivity contribution in [1.29, 1.82) is 0 Å². The summed E-state index contributed by atoms with van der Waals surface area (Å²) in [5, 5.41) is 0. The molecule has 6 heteroatoms. The van der Waals surface area contributed by atoms with Crippen molar-refractivity contribution in [1.82, 2.24) is 14.9 Å². The summed E-state index contributed by atoms with van der Waals surface area (Å²) in [4.78, 5) is 22.2. The van der Waals surface area contributed by atoms with Gasteiger partial charge in [0.15, 0.2) is 0 Å². The van der Waals surface area contributed by atoms with Gasteiger partial charge in [0, 0.05) is 37.8 Å². The lowest BCUT2D eigenvalue weighted by Gasteiger charge is -2.47. The van der Waals surface area contributed by atoms with Crippen molar-refractivity contribution in [3.8, 4) is 0 Å². The van der Waals surface area contributed by atoms with Gasteiger partial charge in [0.2, 0.25) is 5.82 Å². The predicted molar refractivity (Wildman–Crippen MR) is 80.2 cm³/mol. The first kappa shape index (κ1) is 13.5. The molecule has 1 amide bonds. The Bertz CT molecular complexity index is 529. The molecule has 5 nitrogen and oxygen atoms in total. The van der Waals surface area contributed by atoms with Crippen LogP contribution in [0.3, 0.4) is 0 Å². The van der Waals surface area contributed by atoms with Crippen LogP contribution in [0.15, 0.2) is 18.5 Å². The van der Waals surface area contributed by atoms with Gasteiger partial charge in [-0.25, -0.2) is 9.97 Å². The van der Waals surface area contributed by atoms with Crippen LogP contribution in [0, 0.1) is 5.92 Å². The second-order valence-corrected chi connectivity index (χ2v) is 7.82. The number of nitrogens with zero attached hydrogens (tertiary/aromatic N) is 3. The molecule has 1 aromatic heterocycles. The Morgan fingerprint density at radius 3 is 2.86 bits per heavy atom. The van der Waals surface area contributed by atoms with E-state index in [0.717, 1.165) is 37.8 Å². The fourth-order valence-electron chi connectivity index (χ4n) is 3.03. The summed E-state index contributed by atoms with van der Waals surface area (Å²) in [6, 6.07) is 1.73. The zero-order chi connectivity index (χ0) is 14.3. The van der Waals surface area contributed by atoms with Crippen molar-refractivity contribution < 1.29 is 9.53 Å². The number of thioether (sulfide) groups is 1. The van der Waals surface area contributed by atoms with Gasteiger partial charge in [-0.3, -0.25) is 4.79 Å². The molecule has 3 heterocycles. The molecule has 1 saturated carbocycles. The molecule has 0 N–H and O–H groups in total. The summed E-state index contributed by atoms with van der Waals surface area (Å²) in [5.41, 5.74) is 0. The normalized spacial score (nSPS) is 26.9. The van der Waals surface area contributed by atoms with Crippen molar-refractivity contribution in [2.24, 2.45) is 5.92 Å². The number of amides is 1. The van der Waals surface area contributed by atoms with Gasteiger partial charge >= 0.3 is 0 Å². The molecule has 0 bridgehead atoms. The van der Waals surface area contributed by atoms with Gasteiger partial charge in [0.25, 0.3) is 5.91 Å². The average molecular weight is 305 g/mol. The monoisotopic (exact) mass is 305 g/mol. The van der Waals surface area contributed by atoms with Crippen molar-refractivity contribution in [2.45, 2.75) is 30.1 Å². The predicted octanol–water partition coefficient (Wildman–Crippen LogP) is 1.60. The lowest BCUT2D eigenvalue weighted by Crippen LogP contribution is -2.61. The lowest BCUT2D eigenvalue weighted by molar-refractivity contribution is 0.0281. The van der Waals surface area contributed by atoms with Crippen molar-refractivity contribution >= 4 is 17.7 Å². The van der Waals surface area contributed by atoms with E-state index in [4.69, 9.17) is 4.74 Å². The number of hydrogen-bond acceptors (Lipinski definition) is 5. The highest BCUT2D eigenvalue weighted by Gasteiger charge is 2.51. The summed E-state index contributed by atoms with van der Waals surface area (Å²) < 4.78 is 6.21. The van der Waals surface area contributed by atoms with Gasteiger partial charge in [-0.15, -0.1) is 11.8 Å². The van der Waals surface area contributed by atoms with E-state index in [0.29, 0.717) is 11.9 Å². The molecular formula is C15H19N3O2S. The largest absolute Gasteiger partial charge is 0.377 e. The highest BCUT2D eigenvalue weighted by Crippen LogP contribution is 2.46. The van der Waals surface area contributed by atoms with E-state index >= 15 is 0 Å². The zero-order valence-corrected chi connectivity index (χ0v) is 12.7. The van der Waals surface area contributed by atoms with Gasteiger partial charge < -0.3 is 9.64 Å². The molecule has 21 heavy (non-hydrogen) atoms. The van der Waals surface area contributed by atoms with E-state index in [-0.39, 0.29) is 10.7 Å². The van der Waals surface area contributed by atoms with E-state index in [9.17, 15) is 4.79 Å². The third kappa shape index (κ3) is 2.79. The van der Waals surface area contributed by atoms with Crippen LogP contribution in [0.1, 0.15) is 29.9 Å². The molecule has 1 atom stereocenters. The van der Waals surface area contributed by atoms with Crippen LogP contribution in [-0.2, 0) is 4.74 Å². The fraction of sp³-hybridized carbons (Fsp3) is 0.667. The minimum atomic E-state index is -0.0517. The minimum Gasteiger partial charge on any atom is -0.377 e. The van der Waals surface area contributed by atoms with Crippen molar-refractivity contribution in [3.63, 3.8) is 0 Å². The van der Waals surface area contributed by atoms with E-state index in [2.05, 4.69) is 9.97 Å². The van der Waals surface area contributed by atoms with Crippen molar-refractivity contribution in [3.05, 3.63) is 24.3 Å². The van der Waals surface area contributed by atoms with Crippen LogP contribution in [-0.4, -0.2) is 57.1 Å². The Morgan fingerprint density at radius 1 is 1.38 bits per heavy atom. The maximum atomic E-state index is 12.2. The molecule has 2 aliphatic heterocycles. The van der Waals surface area contributed by atoms with Gasteiger partial charge in [-0.2, -0.15) is 0 Å². The number of rotatable bonds is 4. The van der Waals surface area contributed by atoms with Crippen LogP contribution in [0.4, 0.5) is 0 Å². The standard InChI is InChI=1S/C15H19N3O2S/c19-14(13-16-4-1-5-17-13)18-9-15(10-18)6-12(8-21-15)20-7-11-2-3-11/h1,4-5,11-12H,2-3,6-10H2/t12-/m1/s1. The Morgan fingerprint density at radius 2 is 2.14 bits per heavy atom. The van der Waals surface area contributed by atoms with Gasteiger partial charge in [-0.1, -0.05) is 0 Å². The number of aromatic nitrogens is 2. The summed E-state index contributed by atoms with van der Waals surface area (Å²) in [5.74, 6) is 2.14. The molecule has 112 valence electrons. The highest BCUT2D eigenvalue weighted by atomic mass is 32.2. The molecule has 0 aromatic carbocycles. The van der Waals surface area contributed by atoms with E-state index in [1.54, 1.807) is 18.5 Å². The summed E-state index contributed by atoms with van der Waals surface area (Å²) in [6.45, 7) is 2.54. The molecule has 1 spiro atoms. The topological polar surface area (TPSA) is 55.3 Å². The number of ether oxygens (including phenoxy) is 1. The first-order valence-electron chi connectivity index (χ1n) is 7.56. The van der Waals surface area contributed by atoms with Crippen molar-refractivity contribution in [2.75, 3.05) is 25.4 Å². The first-order chi connectivity index (χ1) is 10.2. The summed E-state index contributed by atoms with van der Waals surface area (Å²) >= 11 is 1.97. The highest BCUT2D eigenvalue weighted by molar-refractivity contribution is 8.01. The van der Waals surface area contributed by atoms with Crippen LogP contribution in [0.5, 0.6) is 0 Å². The fourth-order valence-corrected chi connectivity index (χ4v) is 4.58. The molecule has 4 rings (SSSR count). The van der Waals surface area contributed by atoms with E-state index in [1.807, 2.05) is 16.7 Å². The SMILES string of the molecule is O=C(c1ncccn1)N1CC2(C[C@@H](OCC3CC3)CS2)C1. The first-order valence-corrected chi connectivity index (χ1v) is 8.55. The second-order valence-electron chi connectivity index (χ2n) is 6.33. The van der Waals surface area contributed by atoms with Crippen LogP contribution >= 0.6 is 11.8 Å². The molecule has 0 radical (unpaired) electrons. The van der Waals surface area contributed by atoms with Crippen LogP contribution < -0.4 is 0 Å². The van der Waals surface area contributed by atoms with E-state index in [1.165, 1.54) is 12.8 Å². The second kappa shape index (κ2) is 5.25. The third-order valence-electron chi connectivity index (χ3n) is 4.44. The van der Waals surface area contributed by atoms with Gasteiger partial charge in [0.1, 0.15) is 0 Å². The minimum absolute atomic E-state index is 0.0517. The Hall–Kier alpha value is -1.14. The van der Waals surface area contributed by atoms with Crippen LogP contribution in [0.2, 0.25) is 0 Å². The molecule has 1 aromatic rings. The quantitative estimate of drug-likeness (QED) is 0.846. The lowest BCUT2D eigenvalue weighted by atomic mass is 9.93. The molecule has 1 aliphatic carbocycles. The van der Waals surface area contributed by atoms with E-state index < -0.39 is 0 Å². The number of carbonyl (C=O) groups is 1. The van der Waals surface area contributed by atoms with Gasteiger partial charge in [-0.05, 0) is 31.2 Å². The van der Waals surface area contributed by atoms with Crippen LogP contribution in [0.25, 0.3) is 0 Å². The Labute approximate surface area is 128 Å². The Kier molecular flexibility index (Phi) is 3.38. The van der Waals surface area contributed by atoms with Gasteiger partial charge in [0.05, 0.1) is 10.9 Å². The molecule has 3 aliphatic rings. The third-order valence-corrected chi connectivity index (χ3v) is 6.02. The molecule has 0 unspecified atom stereocenters. The smallest absolute Gasteiger partial charge is 0.291 e. The number of hydrogen-bond donors (Lipinski definition) is 0. The zero-order valence-electron chi connectivity index (χ0n) is 11.9. The average Bonchev–Trinajstić information content (AvgIpc) is 3.22. The number of likely N-dealkylation sites (tertiary alicyclic amines) is 1. The Balaban J connectivity index is 1.29. The summed E-state index contributed by atoms with van der Waals surface area (Å²) in [7, 11) is 0.